The van der Waals surface area contributed by atoms with E-state index < -0.39 is 12.0 Å². The summed E-state index contributed by atoms with van der Waals surface area (Å²) in [6.07, 6.45) is 1.35. The van der Waals surface area contributed by atoms with E-state index in [0.717, 1.165) is 9.99 Å². The number of esters is 1. The standard InChI is InChI=1S/C13H13I2NO4/c1-20-13(19)10-3-2-4-16(10)12(18)8-5-7(14)6-9(15)11(8)17/h5-6,10,17H,2-4H2,1H3. The van der Waals surface area contributed by atoms with E-state index in [1.165, 1.54) is 12.0 Å². The molecular formula is C13H13I2NO4. The number of likely N-dealkylation sites (tertiary alicyclic amines) is 1. The van der Waals surface area contributed by atoms with Crippen LogP contribution in [-0.4, -0.2) is 41.6 Å². The molecule has 20 heavy (non-hydrogen) atoms. The van der Waals surface area contributed by atoms with E-state index in [4.69, 9.17) is 4.74 Å². The summed E-state index contributed by atoms with van der Waals surface area (Å²) in [5.74, 6) is -0.769. The maximum absolute atomic E-state index is 12.6. The molecule has 0 saturated carbocycles. The van der Waals surface area contributed by atoms with Gasteiger partial charge in [0.05, 0.1) is 16.2 Å². The minimum Gasteiger partial charge on any atom is -0.506 e. The molecule has 1 unspecified atom stereocenters. The Morgan fingerprint density at radius 1 is 1.40 bits per heavy atom. The zero-order valence-electron chi connectivity index (χ0n) is 10.7. The first-order valence-electron chi connectivity index (χ1n) is 6.02. The highest BCUT2D eigenvalue weighted by molar-refractivity contribution is 14.1. The molecule has 0 radical (unpaired) electrons. The first-order valence-corrected chi connectivity index (χ1v) is 8.18. The molecule has 5 nitrogen and oxygen atoms in total. The van der Waals surface area contributed by atoms with Crippen molar-refractivity contribution < 1.29 is 19.4 Å². The largest absolute Gasteiger partial charge is 0.506 e. The fourth-order valence-corrected chi connectivity index (χ4v) is 4.12. The van der Waals surface area contributed by atoms with Crippen molar-refractivity contribution in [2.45, 2.75) is 18.9 Å². The van der Waals surface area contributed by atoms with Gasteiger partial charge in [-0.1, -0.05) is 0 Å². The van der Waals surface area contributed by atoms with Crippen LogP contribution in [0, 0.1) is 7.14 Å². The highest BCUT2D eigenvalue weighted by atomic mass is 127. The number of carbonyl (C=O) groups is 2. The Morgan fingerprint density at radius 3 is 2.75 bits per heavy atom. The second-order valence-electron chi connectivity index (χ2n) is 4.46. The molecule has 1 saturated heterocycles. The van der Waals surface area contributed by atoms with Crippen LogP contribution in [0.2, 0.25) is 0 Å². The lowest BCUT2D eigenvalue weighted by atomic mass is 10.1. The topological polar surface area (TPSA) is 66.8 Å². The molecule has 0 aromatic heterocycles. The zero-order chi connectivity index (χ0) is 14.9. The maximum Gasteiger partial charge on any atom is 0.328 e. The van der Waals surface area contributed by atoms with E-state index in [-0.39, 0.29) is 17.2 Å². The molecule has 0 bridgehead atoms. The van der Waals surface area contributed by atoms with Crippen molar-refractivity contribution in [2.24, 2.45) is 0 Å². The second-order valence-corrected chi connectivity index (χ2v) is 6.87. The van der Waals surface area contributed by atoms with Gasteiger partial charge in [0.25, 0.3) is 5.91 Å². The quantitative estimate of drug-likeness (QED) is 0.500. The van der Waals surface area contributed by atoms with Crippen LogP contribution < -0.4 is 0 Å². The van der Waals surface area contributed by atoms with Gasteiger partial charge in [0.15, 0.2) is 0 Å². The number of aromatic hydroxyl groups is 1. The molecule has 1 N–H and O–H groups in total. The van der Waals surface area contributed by atoms with Crippen molar-refractivity contribution in [1.29, 1.82) is 0 Å². The molecule has 1 aromatic rings. The van der Waals surface area contributed by atoms with Crippen molar-refractivity contribution in [1.82, 2.24) is 4.90 Å². The molecule has 0 spiro atoms. The third-order valence-electron chi connectivity index (χ3n) is 3.25. The Kier molecular flexibility index (Phi) is 5.10. The fraction of sp³-hybridized carbons (Fsp3) is 0.385. The molecule has 1 atom stereocenters. The number of methoxy groups -OCH3 is 1. The molecular weight excluding hydrogens is 488 g/mol. The number of hydrogen-bond donors (Lipinski definition) is 1. The van der Waals surface area contributed by atoms with Crippen molar-refractivity contribution >= 4 is 57.1 Å². The van der Waals surface area contributed by atoms with Gasteiger partial charge in [-0.2, -0.15) is 0 Å². The third kappa shape index (κ3) is 3.02. The minimum atomic E-state index is -0.553. The number of benzene rings is 1. The van der Waals surface area contributed by atoms with Crippen LogP contribution in [0.1, 0.15) is 23.2 Å². The molecule has 0 aliphatic carbocycles. The molecule has 2 rings (SSSR count). The normalized spacial score (nSPS) is 18.1. The van der Waals surface area contributed by atoms with Crippen molar-refractivity contribution in [3.63, 3.8) is 0 Å². The summed E-state index contributed by atoms with van der Waals surface area (Å²) >= 11 is 4.07. The van der Waals surface area contributed by atoms with Crippen molar-refractivity contribution in [2.75, 3.05) is 13.7 Å². The highest BCUT2D eigenvalue weighted by Gasteiger charge is 2.36. The highest BCUT2D eigenvalue weighted by Crippen LogP contribution is 2.30. The van der Waals surface area contributed by atoms with Gasteiger partial charge in [0.2, 0.25) is 0 Å². The summed E-state index contributed by atoms with van der Waals surface area (Å²) in [6, 6.07) is 2.87. The summed E-state index contributed by atoms with van der Waals surface area (Å²) in [4.78, 5) is 25.7. The fourth-order valence-electron chi connectivity index (χ4n) is 2.27. The average Bonchev–Trinajstić information content (AvgIpc) is 2.90. The molecule has 1 aliphatic rings. The van der Waals surface area contributed by atoms with Crippen LogP contribution in [0.15, 0.2) is 12.1 Å². The lowest BCUT2D eigenvalue weighted by molar-refractivity contribution is -0.145. The number of hydrogen-bond acceptors (Lipinski definition) is 4. The number of halogens is 2. The van der Waals surface area contributed by atoms with Crippen LogP contribution >= 0.6 is 45.2 Å². The third-order valence-corrected chi connectivity index (χ3v) is 4.69. The van der Waals surface area contributed by atoms with Gasteiger partial charge < -0.3 is 14.7 Å². The monoisotopic (exact) mass is 501 g/mol. The first-order chi connectivity index (χ1) is 9.45. The summed E-state index contributed by atoms with van der Waals surface area (Å²) in [7, 11) is 1.31. The molecule has 1 heterocycles. The first kappa shape index (κ1) is 15.8. The number of phenolic OH excluding ortho intramolecular Hbond substituents is 1. The van der Waals surface area contributed by atoms with Gasteiger partial charge >= 0.3 is 5.97 Å². The van der Waals surface area contributed by atoms with Gasteiger partial charge in [0.1, 0.15) is 11.8 Å². The molecule has 108 valence electrons. The Morgan fingerprint density at radius 2 is 2.10 bits per heavy atom. The Bertz CT molecular complexity index is 562. The summed E-state index contributed by atoms with van der Waals surface area (Å²) in [5, 5.41) is 10.1. The lowest BCUT2D eigenvalue weighted by Gasteiger charge is -2.23. The number of rotatable bonds is 2. The molecule has 1 fully saturated rings. The summed E-state index contributed by atoms with van der Waals surface area (Å²) in [6.45, 7) is 0.500. The van der Waals surface area contributed by atoms with Crippen LogP contribution in [-0.2, 0) is 9.53 Å². The van der Waals surface area contributed by atoms with E-state index >= 15 is 0 Å². The predicted octanol–water partition coefficient (Wildman–Crippen LogP) is 2.38. The maximum atomic E-state index is 12.6. The smallest absolute Gasteiger partial charge is 0.328 e. The van der Waals surface area contributed by atoms with Crippen LogP contribution in [0.25, 0.3) is 0 Å². The van der Waals surface area contributed by atoms with E-state index in [9.17, 15) is 14.7 Å². The minimum absolute atomic E-state index is 0.0356. The van der Waals surface area contributed by atoms with Crippen LogP contribution in [0.3, 0.4) is 0 Å². The van der Waals surface area contributed by atoms with Crippen molar-refractivity contribution in [3.05, 3.63) is 24.8 Å². The Labute approximate surface area is 143 Å². The number of phenols is 1. The van der Waals surface area contributed by atoms with Crippen molar-refractivity contribution in [3.8, 4) is 5.75 Å². The van der Waals surface area contributed by atoms with Gasteiger partial charge in [-0.3, -0.25) is 4.79 Å². The SMILES string of the molecule is COC(=O)C1CCCN1C(=O)c1cc(I)cc(I)c1O. The lowest BCUT2D eigenvalue weighted by Crippen LogP contribution is -2.41. The number of ether oxygens (including phenoxy) is 1. The molecule has 1 amide bonds. The van der Waals surface area contributed by atoms with Crippen LogP contribution in [0.4, 0.5) is 0 Å². The van der Waals surface area contributed by atoms with Gasteiger partial charge in [-0.25, -0.2) is 4.79 Å². The van der Waals surface area contributed by atoms with Gasteiger partial charge in [-0.05, 0) is 70.2 Å². The van der Waals surface area contributed by atoms with E-state index in [0.29, 0.717) is 16.5 Å². The predicted molar refractivity (Wildman–Crippen MR) is 89.6 cm³/mol. The average molecular weight is 501 g/mol. The second kappa shape index (κ2) is 6.46. The van der Waals surface area contributed by atoms with E-state index in [1.54, 1.807) is 12.1 Å². The molecule has 7 heteroatoms. The Hall–Kier alpha value is -0.580. The number of nitrogens with zero attached hydrogens (tertiary/aromatic N) is 1. The Balaban J connectivity index is 2.34. The van der Waals surface area contributed by atoms with E-state index in [1.807, 2.05) is 22.6 Å². The van der Waals surface area contributed by atoms with E-state index in [2.05, 4.69) is 22.6 Å². The van der Waals surface area contributed by atoms with Crippen LogP contribution in [0.5, 0.6) is 5.75 Å². The van der Waals surface area contributed by atoms with Gasteiger partial charge in [-0.15, -0.1) is 0 Å². The number of carbonyl (C=O) groups excluding carboxylic acids is 2. The summed E-state index contributed by atoms with van der Waals surface area (Å²) < 4.78 is 6.21. The summed E-state index contributed by atoms with van der Waals surface area (Å²) in [5.41, 5.74) is 0.233. The zero-order valence-corrected chi connectivity index (χ0v) is 15.0. The molecule has 1 aromatic carbocycles. The van der Waals surface area contributed by atoms with Gasteiger partial charge in [0, 0.05) is 10.1 Å². The number of amides is 1. The molecule has 1 aliphatic heterocycles.